The Kier molecular flexibility index (Phi) is 3.67. The topological polar surface area (TPSA) is 49.0 Å². The van der Waals surface area contributed by atoms with Gasteiger partial charge in [-0.1, -0.05) is 24.3 Å². The van der Waals surface area contributed by atoms with Crippen molar-refractivity contribution in [2.45, 2.75) is 19.4 Å². The summed E-state index contributed by atoms with van der Waals surface area (Å²) in [6.45, 7) is 2.69. The molecular formula is C19H19N3O. The van der Waals surface area contributed by atoms with Crippen LogP contribution in [0.5, 0.6) is 0 Å². The van der Waals surface area contributed by atoms with Crippen LogP contribution in [0.2, 0.25) is 0 Å². The van der Waals surface area contributed by atoms with Crippen LogP contribution in [0.1, 0.15) is 18.4 Å². The third-order valence-electron chi connectivity index (χ3n) is 4.55. The zero-order chi connectivity index (χ0) is 15.6. The lowest BCUT2D eigenvalue weighted by atomic mass is 10.0. The van der Waals surface area contributed by atoms with Crippen LogP contribution in [0, 0.1) is 0 Å². The third kappa shape index (κ3) is 2.90. The Hall–Kier alpha value is -2.46. The van der Waals surface area contributed by atoms with Crippen LogP contribution in [-0.4, -0.2) is 33.7 Å². The molecule has 1 saturated heterocycles. The normalized spacial score (nSPS) is 16.1. The van der Waals surface area contributed by atoms with Crippen molar-refractivity contribution in [1.29, 1.82) is 0 Å². The SMILES string of the molecule is O=C1CCN(Cc2ccc(-c3ccnc4[nH]ccc34)cc2)CC1. The molecule has 0 unspecified atom stereocenters. The fourth-order valence-electron chi connectivity index (χ4n) is 3.22. The van der Waals surface area contributed by atoms with Gasteiger partial charge >= 0.3 is 0 Å². The van der Waals surface area contributed by atoms with Crippen LogP contribution in [0.4, 0.5) is 0 Å². The van der Waals surface area contributed by atoms with Crippen molar-refractivity contribution in [3.05, 3.63) is 54.4 Å². The van der Waals surface area contributed by atoms with Crippen LogP contribution < -0.4 is 0 Å². The van der Waals surface area contributed by atoms with Gasteiger partial charge < -0.3 is 4.98 Å². The van der Waals surface area contributed by atoms with Crippen molar-refractivity contribution in [1.82, 2.24) is 14.9 Å². The number of carbonyl (C=O) groups is 1. The summed E-state index contributed by atoms with van der Waals surface area (Å²) in [5, 5.41) is 1.15. The van der Waals surface area contributed by atoms with E-state index in [-0.39, 0.29) is 0 Å². The molecule has 4 rings (SSSR count). The summed E-state index contributed by atoms with van der Waals surface area (Å²) in [5.41, 5.74) is 4.62. The van der Waals surface area contributed by atoms with Gasteiger partial charge in [0.05, 0.1) is 0 Å². The van der Waals surface area contributed by atoms with Crippen molar-refractivity contribution in [3.8, 4) is 11.1 Å². The Labute approximate surface area is 135 Å². The highest BCUT2D eigenvalue weighted by Crippen LogP contribution is 2.27. The van der Waals surface area contributed by atoms with Gasteiger partial charge in [-0.25, -0.2) is 4.98 Å². The maximum atomic E-state index is 11.3. The Balaban J connectivity index is 1.54. The Morgan fingerprint density at radius 1 is 1.04 bits per heavy atom. The van der Waals surface area contributed by atoms with E-state index in [1.165, 1.54) is 16.7 Å². The summed E-state index contributed by atoms with van der Waals surface area (Å²) in [6, 6.07) is 12.8. The van der Waals surface area contributed by atoms with E-state index in [1.54, 1.807) is 0 Å². The summed E-state index contributed by atoms with van der Waals surface area (Å²) in [4.78, 5) is 21.2. The number of likely N-dealkylation sites (tertiary alicyclic amines) is 1. The first-order chi connectivity index (χ1) is 11.3. The fourth-order valence-corrected chi connectivity index (χ4v) is 3.22. The zero-order valence-electron chi connectivity index (χ0n) is 13.0. The van der Waals surface area contributed by atoms with E-state index in [2.05, 4.69) is 51.3 Å². The lowest BCUT2D eigenvalue weighted by Crippen LogP contribution is -2.33. The van der Waals surface area contributed by atoms with Crippen LogP contribution in [0.25, 0.3) is 22.2 Å². The summed E-state index contributed by atoms with van der Waals surface area (Å²) < 4.78 is 0. The van der Waals surface area contributed by atoms with Gasteiger partial charge in [0.1, 0.15) is 11.4 Å². The number of nitrogens with one attached hydrogen (secondary N) is 1. The number of nitrogens with zero attached hydrogens (tertiary/aromatic N) is 2. The third-order valence-corrected chi connectivity index (χ3v) is 4.55. The second kappa shape index (κ2) is 5.97. The second-order valence-electron chi connectivity index (χ2n) is 6.11. The second-order valence-corrected chi connectivity index (χ2v) is 6.11. The van der Waals surface area contributed by atoms with Crippen LogP contribution in [-0.2, 0) is 11.3 Å². The highest BCUT2D eigenvalue weighted by molar-refractivity contribution is 5.92. The monoisotopic (exact) mass is 305 g/mol. The number of H-pyrrole nitrogens is 1. The molecule has 0 amide bonds. The fraction of sp³-hybridized carbons (Fsp3) is 0.263. The van der Waals surface area contributed by atoms with E-state index in [9.17, 15) is 4.79 Å². The molecule has 23 heavy (non-hydrogen) atoms. The Bertz CT molecular complexity index is 825. The van der Waals surface area contributed by atoms with Gasteiger partial charge in [0, 0.05) is 50.3 Å². The number of hydrogen-bond acceptors (Lipinski definition) is 3. The molecule has 3 heterocycles. The van der Waals surface area contributed by atoms with Gasteiger partial charge in [-0.3, -0.25) is 9.69 Å². The maximum Gasteiger partial charge on any atom is 0.137 e. The number of Topliss-reactive ketones (excluding diaryl/α,β-unsaturated/α-hetero) is 1. The number of ketones is 1. The molecule has 3 aromatic rings. The van der Waals surface area contributed by atoms with Gasteiger partial charge in [-0.2, -0.15) is 0 Å². The maximum absolute atomic E-state index is 11.3. The van der Waals surface area contributed by atoms with Crippen molar-refractivity contribution in [3.63, 3.8) is 0 Å². The smallest absolute Gasteiger partial charge is 0.137 e. The van der Waals surface area contributed by atoms with E-state index < -0.39 is 0 Å². The summed E-state index contributed by atoms with van der Waals surface area (Å²) in [6.07, 6.45) is 5.15. The minimum atomic E-state index is 0.393. The molecule has 0 saturated carbocycles. The number of benzene rings is 1. The molecule has 1 fully saturated rings. The number of piperidine rings is 1. The van der Waals surface area contributed by atoms with Crippen LogP contribution in [0.15, 0.2) is 48.8 Å². The molecule has 0 spiro atoms. The molecule has 0 radical (unpaired) electrons. The predicted molar refractivity (Wildman–Crippen MR) is 91.0 cm³/mol. The van der Waals surface area contributed by atoms with Crippen LogP contribution in [0.3, 0.4) is 0 Å². The van der Waals surface area contributed by atoms with Gasteiger partial charge in [-0.15, -0.1) is 0 Å². The van der Waals surface area contributed by atoms with E-state index in [4.69, 9.17) is 0 Å². The van der Waals surface area contributed by atoms with Gasteiger partial charge in [0.25, 0.3) is 0 Å². The molecule has 4 heteroatoms. The number of aromatic nitrogens is 2. The first-order valence-corrected chi connectivity index (χ1v) is 8.05. The number of carbonyl (C=O) groups excluding carboxylic acids is 1. The van der Waals surface area contributed by atoms with E-state index in [0.29, 0.717) is 18.6 Å². The standard InChI is InChI=1S/C19H19N3O/c23-16-7-11-22(12-8-16)13-14-1-3-15(4-2-14)17-5-9-20-19-18(17)6-10-21-19/h1-6,9-10H,7-8,11-13H2,(H,20,21). The molecule has 0 atom stereocenters. The summed E-state index contributed by atoms with van der Waals surface area (Å²) in [5.74, 6) is 0.393. The molecule has 116 valence electrons. The van der Waals surface area contributed by atoms with E-state index in [1.807, 2.05) is 12.4 Å². The van der Waals surface area contributed by atoms with Gasteiger partial charge in [0.2, 0.25) is 0 Å². The number of fused-ring (bicyclic) bond motifs is 1. The minimum Gasteiger partial charge on any atom is -0.346 e. The summed E-state index contributed by atoms with van der Waals surface area (Å²) in [7, 11) is 0. The molecule has 1 aromatic carbocycles. The average Bonchev–Trinajstić information content (AvgIpc) is 3.06. The lowest BCUT2D eigenvalue weighted by molar-refractivity contribution is -0.121. The quantitative estimate of drug-likeness (QED) is 0.807. The minimum absolute atomic E-state index is 0.393. The molecule has 4 nitrogen and oxygen atoms in total. The predicted octanol–water partition coefficient (Wildman–Crippen LogP) is 3.39. The molecule has 2 aromatic heterocycles. The first kappa shape index (κ1) is 14.2. The van der Waals surface area contributed by atoms with Gasteiger partial charge in [-0.05, 0) is 28.8 Å². The van der Waals surface area contributed by atoms with Crippen LogP contribution >= 0.6 is 0 Å². The molecule has 0 bridgehead atoms. The Morgan fingerprint density at radius 2 is 1.83 bits per heavy atom. The van der Waals surface area contributed by atoms with Crippen molar-refractivity contribution in [2.75, 3.05) is 13.1 Å². The van der Waals surface area contributed by atoms with Crippen molar-refractivity contribution < 1.29 is 4.79 Å². The molecule has 1 N–H and O–H groups in total. The van der Waals surface area contributed by atoms with Crippen molar-refractivity contribution >= 4 is 16.8 Å². The Morgan fingerprint density at radius 3 is 2.61 bits per heavy atom. The largest absolute Gasteiger partial charge is 0.346 e. The first-order valence-electron chi connectivity index (χ1n) is 8.05. The number of hydrogen-bond donors (Lipinski definition) is 1. The number of aromatic amines is 1. The molecule has 1 aliphatic heterocycles. The zero-order valence-corrected chi connectivity index (χ0v) is 13.0. The highest BCUT2D eigenvalue weighted by Gasteiger charge is 2.16. The molecule has 1 aliphatic rings. The van der Waals surface area contributed by atoms with E-state index >= 15 is 0 Å². The molecule has 0 aliphatic carbocycles. The number of pyridine rings is 1. The molecular weight excluding hydrogens is 286 g/mol. The van der Waals surface area contributed by atoms with Gasteiger partial charge in [0.15, 0.2) is 0 Å². The average molecular weight is 305 g/mol. The highest BCUT2D eigenvalue weighted by atomic mass is 16.1. The van der Waals surface area contributed by atoms with E-state index in [0.717, 1.165) is 30.7 Å². The number of rotatable bonds is 3. The van der Waals surface area contributed by atoms with Crippen molar-refractivity contribution in [2.24, 2.45) is 0 Å². The summed E-state index contributed by atoms with van der Waals surface area (Å²) >= 11 is 0. The lowest BCUT2D eigenvalue weighted by Gasteiger charge is -2.25.